The van der Waals surface area contributed by atoms with E-state index in [0.717, 1.165) is 0 Å². The maximum atomic E-state index is 12.0. The maximum absolute atomic E-state index is 12.0. The van der Waals surface area contributed by atoms with Crippen molar-refractivity contribution in [3.63, 3.8) is 0 Å². The summed E-state index contributed by atoms with van der Waals surface area (Å²) in [7, 11) is 0. The number of aromatic amines is 1. The normalized spacial score (nSPS) is 23.4. The molecule has 1 unspecified atom stereocenters. The van der Waals surface area contributed by atoms with Crippen molar-refractivity contribution in [3.8, 4) is 0 Å². The number of aromatic nitrogens is 2. The maximum Gasteiger partial charge on any atom is 0.330 e. The minimum Gasteiger partial charge on any atom is -0.459 e. The lowest BCUT2D eigenvalue weighted by molar-refractivity contribution is -0.150. The lowest BCUT2D eigenvalue weighted by Crippen LogP contribution is -2.33. The molecule has 1 aromatic heterocycles. The Morgan fingerprint density at radius 1 is 1.54 bits per heavy atom. The van der Waals surface area contributed by atoms with Gasteiger partial charge < -0.3 is 14.2 Å². The number of nitrogens with one attached hydrogen (secondary N) is 1. The van der Waals surface area contributed by atoms with E-state index in [9.17, 15) is 14.4 Å². The summed E-state index contributed by atoms with van der Waals surface area (Å²) in [5.41, 5.74) is -0.614. The van der Waals surface area contributed by atoms with Crippen molar-refractivity contribution in [2.75, 3.05) is 24.6 Å². The Balaban J connectivity index is 2.17. The van der Waals surface area contributed by atoms with Gasteiger partial charge >= 0.3 is 11.7 Å². The molecule has 8 nitrogen and oxygen atoms in total. The van der Waals surface area contributed by atoms with E-state index in [0.29, 0.717) is 11.5 Å². The average Bonchev–Trinajstić information content (AvgIpc) is 2.93. The first-order valence-corrected chi connectivity index (χ1v) is 9.33. The Kier molecular flexibility index (Phi) is 6.96. The Morgan fingerprint density at radius 2 is 2.29 bits per heavy atom. The van der Waals surface area contributed by atoms with Crippen molar-refractivity contribution >= 4 is 30.4 Å². The van der Waals surface area contributed by atoms with E-state index in [1.54, 1.807) is 6.92 Å². The molecule has 2 heterocycles. The number of nitrogens with zero attached hydrogens (tertiary/aromatic N) is 1. The standard InChI is InChI=1S/C14H20N2O6S2/c1-8-4-16(14(19)15-13(8)18)11-3-9(22-12(17)6-23)10(21-11)5-20-7-24-2/h4,9-11,23H,3,5-7H2,1-2H3,(H,15,18,19)/t9?,10-,11-/m1/s1. The van der Waals surface area contributed by atoms with Crippen molar-refractivity contribution in [2.45, 2.75) is 31.8 Å². The molecule has 0 aromatic carbocycles. The van der Waals surface area contributed by atoms with Crippen LogP contribution in [0.2, 0.25) is 0 Å². The largest absolute Gasteiger partial charge is 0.459 e. The highest BCUT2D eigenvalue weighted by molar-refractivity contribution is 7.98. The molecule has 0 amide bonds. The number of carbonyl (C=O) groups is 1. The van der Waals surface area contributed by atoms with Crippen LogP contribution in [0.4, 0.5) is 0 Å². The molecule has 3 atom stereocenters. The lowest BCUT2D eigenvalue weighted by atomic mass is 10.2. The lowest BCUT2D eigenvalue weighted by Gasteiger charge is -2.18. The summed E-state index contributed by atoms with van der Waals surface area (Å²) in [5, 5.41) is 0. The molecular formula is C14H20N2O6S2. The zero-order chi connectivity index (χ0) is 17.7. The van der Waals surface area contributed by atoms with Crippen LogP contribution in [0.25, 0.3) is 0 Å². The number of hydrogen-bond donors (Lipinski definition) is 2. The first-order chi connectivity index (χ1) is 11.5. The molecule has 0 spiro atoms. The third-order valence-electron chi connectivity index (χ3n) is 3.53. The van der Waals surface area contributed by atoms with E-state index >= 15 is 0 Å². The highest BCUT2D eigenvalue weighted by atomic mass is 32.2. The first-order valence-electron chi connectivity index (χ1n) is 7.30. The zero-order valence-electron chi connectivity index (χ0n) is 13.4. The number of carbonyl (C=O) groups excluding carboxylic acids is 1. The number of thiol groups is 1. The van der Waals surface area contributed by atoms with Crippen molar-refractivity contribution in [1.82, 2.24) is 9.55 Å². The van der Waals surface area contributed by atoms with E-state index < -0.39 is 35.7 Å². The third-order valence-corrected chi connectivity index (χ3v) is 4.19. The summed E-state index contributed by atoms with van der Waals surface area (Å²) in [5.74, 6) is -0.0281. The molecule has 10 heteroatoms. The predicted octanol–water partition coefficient (Wildman–Crippen LogP) is 0.311. The van der Waals surface area contributed by atoms with Gasteiger partial charge in [0.25, 0.3) is 5.56 Å². The molecule has 1 N–H and O–H groups in total. The predicted molar refractivity (Wildman–Crippen MR) is 92.7 cm³/mol. The Hall–Kier alpha value is -1.23. The minimum absolute atomic E-state index is 0.0444. The summed E-state index contributed by atoms with van der Waals surface area (Å²) in [6, 6.07) is 0. The van der Waals surface area contributed by atoms with Gasteiger partial charge in [-0.3, -0.25) is 19.1 Å². The van der Waals surface area contributed by atoms with E-state index in [-0.39, 0.29) is 18.8 Å². The Morgan fingerprint density at radius 3 is 2.96 bits per heavy atom. The van der Waals surface area contributed by atoms with Crippen LogP contribution in [-0.4, -0.2) is 52.3 Å². The second kappa shape index (κ2) is 8.75. The third kappa shape index (κ3) is 4.65. The highest BCUT2D eigenvalue weighted by Crippen LogP contribution is 2.30. The smallest absolute Gasteiger partial charge is 0.330 e. The van der Waals surface area contributed by atoms with E-state index in [2.05, 4.69) is 17.6 Å². The van der Waals surface area contributed by atoms with E-state index in [1.165, 1.54) is 22.5 Å². The van der Waals surface area contributed by atoms with Crippen LogP contribution in [0, 0.1) is 6.92 Å². The van der Waals surface area contributed by atoms with Crippen LogP contribution in [0.3, 0.4) is 0 Å². The van der Waals surface area contributed by atoms with Crippen molar-refractivity contribution in [3.05, 3.63) is 32.6 Å². The molecule has 0 radical (unpaired) electrons. The number of hydrogen-bond acceptors (Lipinski definition) is 8. The summed E-state index contributed by atoms with van der Waals surface area (Å²) in [6.45, 7) is 1.83. The molecule has 1 aromatic rings. The van der Waals surface area contributed by atoms with Crippen LogP contribution in [0.15, 0.2) is 15.8 Å². The molecule has 1 fully saturated rings. The van der Waals surface area contributed by atoms with Gasteiger partial charge in [0.2, 0.25) is 0 Å². The van der Waals surface area contributed by atoms with Gasteiger partial charge in [0, 0.05) is 18.2 Å². The Bertz CT molecular complexity index is 689. The van der Waals surface area contributed by atoms with Gasteiger partial charge in [-0.25, -0.2) is 4.79 Å². The number of thioether (sulfide) groups is 1. The van der Waals surface area contributed by atoms with E-state index in [1.807, 2.05) is 6.26 Å². The minimum atomic E-state index is -0.645. The molecule has 1 aliphatic heterocycles. The van der Waals surface area contributed by atoms with Gasteiger partial charge in [-0.1, -0.05) is 0 Å². The second-order valence-corrected chi connectivity index (χ2v) is 6.44. The van der Waals surface area contributed by atoms with E-state index in [4.69, 9.17) is 14.2 Å². The van der Waals surface area contributed by atoms with Crippen LogP contribution in [-0.2, 0) is 19.0 Å². The number of aryl methyl sites for hydroxylation is 1. The fourth-order valence-corrected chi connectivity index (χ4v) is 2.74. The van der Waals surface area contributed by atoms with Gasteiger partial charge in [0.05, 0.1) is 18.3 Å². The molecule has 0 aliphatic carbocycles. The monoisotopic (exact) mass is 376 g/mol. The van der Waals surface area contributed by atoms with Crippen LogP contribution in [0.5, 0.6) is 0 Å². The number of esters is 1. The molecule has 1 aliphatic rings. The van der Waals surface area contributed by atoms with Gasteiger partial charge in [0.1, 0.15) is 18.4 Å². The van der Waals surface area contributed by atoms with Crippen molar-refractivity contribution in [1.29, 1.82) is 0 Å². The SMILES string of the molecule is CSCOC[C@H]1O[C@@H](n2cc(C)c(=O)[nH]c2=O)CC1OC(=O)CS. The topological polar surface area (TPSA) is 99.6 Å². The molecule has 2 rings (SSSR count). The van der Waals surface area contributed by atoms with Crippen molar-refractivity contribution < 1.29 is 19.0 Å². The molecule has 24 heavy (non-hydrogen) atoms. The fourth-order valence-electron chi connectivity index (χ4n) is 2.40. The molecule has 1 saturated heterocycles. The first kappa shape index (κ1) is 19.1. The summed E-state index contributed by atoms with van der Waals surface area (Å²) in [4.78, 5) is 37.3. The van der Waals surface area contributed by atoms with Crippen LogP contribution >= 0.6 is 24.4 Å². The molecule has 0 saturated carbocycles. The highest BCUT2D eigenvalue weighted by Gasteiger charge is 2.39. The summed E-state index contributed by atoms with van der Waals surface area (Å²) >= 11 is 5.41. The van der Waals surface area contributed by atoms with Crippen LogP contribution < -0.4 is 11.2 Å². The Labute approximate surface area is 148 Å². The van der Waals surface area contributed by atoms with Gasteiger partial charge in [0.15, 0.2) is 0 Å². The molecular weight excluding hydrogens is 356 g/mol. The summed E-state index contributed by atoms with van der Waals surface area (Å²) < 4.78 is 17.9. The number of ether oxygens (including phenoxy) is 3. The number of H-pyrrole nitrogens is 1. The fraction of sp³-hybridized carbons (Fsp3) is 0.643. The summed E-state index contributed by atoms with van der Waals surface area (Å²) in [6.07, 6.45) is 1.95. The van der Waals surface area contributed by atoms with Crippen LogP contribution in [0.1, 0.15) is 18.2 Å². The molecule has 0 bridgehead atoms. The quantitative estimate of drug-likeness (QED) is 0.306. The second-order valence-electron chi connectivity index (χ2n) is 5.31. The van der Waals surface area contributed by atoms with Gasteiger partial charge in [-0.05, 0) is 13.2 Å². The van der Waals surface area contributed by atoms with Gasteiger partial charge in [-0.2, -0.15) is 12.6 Å². The van der Waals surface area contributed by atoms with Gasteiger partial charge in [-0.15, -0.1) is 11.8 Å². The average molecular weight is 376 g/mol. The van der Waals surface area contributed by atoms with Crippen molar-refractivity contribution in [2.24, 2.45) is 0 Å². The zero-order valence-corrected chi connectivity index (χ0v) is 15.1. The number of rotatable bonds is 7. The molecule has 134 valence electrons.